The second kappa shape index (κ2) is 8.05. The molecule has 1 unspecified atom stereocenters. The van der Waals surface area contributed by atoms with Gasteiger partial charge >= 0.3 is 6.18 Å². The average Bonchev–Trinajstić information content (AvgIpc) is 2.62. The number of nitrogens with zero attached hydrogens (tertiary/aromatic N) is 1. The maximum absolute atomic E-state index is 13.1. The predicted octanol–water partition coefficient (Wildman–Crippen LogP) is 4.82. The van der Waals surface area contributed by atoms with Crippen LogP contribution in [0.25, 0.3) is 0 Å². The Morgan fingerprint density at radius 1 is 1.25 bits per heavy atom. The van der Waals surface area contributed by atoms with E-state index in [9.17, 15) is 22.8 Å². The van der Waals surface area contributed by atoms with Crippen LogP contribution in [-0.4, -0.2) is 29.0 Å². The lowest BCUT2D eigenvalue weighted by Crippen LogP contribution is -2.35. The van der Waals surface area contributed by atoms with Crippen molar-refractivity contribution in [3.63, 3.8) is 0 Å². The van der Waals surface area contributed by atoms with Crippen molar-refractivity contribution in [2.75, 3.05) is 12.4 Å². The van der Waals surface area contributed by atoms with Gasteiger partial charge in [-0.3, -0.25) is 9.59 Å². The minimum absolute atomic E-state index is 0.00610. The molecule has 9 heteroatoms. The summed E-state index contributed by atoms with van der Waals surface area (Å²) in [6.45, 7) is -0.195. The van der Waals surface area contributed by atoms with Gasteiger partial charge < -0.3 is 10.2 Å². The van der Waals surface area contributed by atoms with Crippen molar-refractivity contribution >= 4 is 40.9 Å². The first-order valence-corrected chi connectivity index (χ1v) is 9.57. The zero-order chi connectivity index (χ0) is 20.5. The van der Waals surface area contributed by atoms with Gasteiger partial charge in [0.2, 0.25) is 11.8 Å². The molecule has 0 radical (unpaired) electrons. The van der Waals surface area contributed by atoms with E-state index in [1.165, 1.54) is 41.9 Å². The first-order valence-electron chi connectivity index (χ1n) is 8.31. The Morgan fingerprint density at radius 2 is 1.96 bits per heavy atom. The van der Waals surface area contributed by atoms with E-state index in [1.807, 2.05) is 0 Å². The number of anilines is 1. The molecule has 1 heterocycles. The normalized spacial score (nSPS) is 16.3. The molecule has 0 fully saturated rings. The van der Waals surface area contributed by atoms with Gasteiger partial charge in [-0.1, -0.05) is 29.8 Å². The van der Waals surface area contributed by atoms with Crippen molar-refractivity contribution < 1.29 is 22.8 Å². The summed E-state index contributed by atoms with van der Waals surface area (Å²) in [4.78, 5) is 26.8. The Kier molecular flexibility index (Phi) is 5.90. The van der Waals surface area contributed by atoms with E-state index < -0.39 is 22.9 Å². The molecule has 2 aromatic rings. The van der Waals surface area contributed by atoms with E-state index in [2.05, 4.69) is 5.32 Å². The van der Waals surface area contributed by atoms with Gasteiger partial charge in [0, 0.05) is 29.9 Å². The molecule has 1 atom stereocenters. The number of benzene rings is 2. The smallest absolute Gasteiger partial charge is 0.341 e. The molecule has 0 saturated heterocycles. The molecule has 0 bridgehead atoms. The highest BCUT2D eigenvalue weighted by molar-refractivity contribution is 8.01. The molecular formula is C19H16ClF3N2O2S. The van der Waals surface area contributed by atoms with Crippen molar-refractivity contribution in [1.29, 1.82) is 0 Å². The van der Waals surface area contributed by atoms with Crippen LogP contribution >= 0.6 is 23.4 Å². The van der Waals surface area contributed by atoms with E-state index in [0.29, 0.717) is 10.7 Å². The molecule has 2 amide bonds. The Morgan fingerprint density at radius 3 is 2.68 bits per heavy atom. The average molecular weight is 429 g/mol. The minimum Gasteiger partial charge on any atom is -0.341 e. The van der Waals surface area contributed by atoms with Crippen molar-refractivity contribution in [3.05, 3.63) is 58.6 Å². The number of thioether (sulfide) groups is 1. The number of fused-ring (bicyclic) bond motifs is 1. The number of carbonyl (C=O) groups is 2. The number of alkyl halides is 3. The number of amides is 2. The maximum atomic E-state index is 13.1. The van der Waals surface area contributed by atoms with Crippen LogP contribution in [0, 0.1) is 0 Å². The Bertz CT molecular complexity index is 920. The summed E-state index contributed by atoms with van der Waals surface area (Å²) in [5, 5.41) is 2.53. The molecule has 1 aliphatic heterocycles. The van der Waals surface area contributed by atoms with Crippen LogP contribution in [-0.2, 0) is 22.3 Å². The lowest BCUT2D eigenvalue weighted by atomic mass is 10.1. The standard InChI is InChI=1S/C19H16ClF3N2O2S/c1-25(10-11-4-2-3-5-13(11)19(21,22)23)17(26)9-16-18(27)24-14-8-12(20)6-7-15(14)28-16/h2-8,16H,9-10H2,1H3,(H,24,27). The molecule has 2 aromatic carbocycles. The first kappa shape index (κ1) is 20.5. The molecule has 1 aliphatic rings. The van der Waals surface area contributed by atoms with Crippen LogP contribution in [0.15, 0.2) is 47.4 Å². The Balaban J connectivity index is 1.68. The number of hydrogen-bond acceptors (Lipinski definition) is 3. The molecular weight excluding hydrogens is 413 g/mol. The third kappa shape index (κ3) is 4.62. The molecule has 1 N–H and O–H groups in total. The van der Waals surface area contributed by atoms with Crippen LogP contribution in [0.1, 0.15) is 17.5 Å². The molecule has 28 heavy (non-hydrogen) atoms. The number of nitrogens with one attached hydrogen (secondary N) is 1. The summed E-state index contributed by atoms with van der Waals surface area (Å²) in [6, 6.07) is 10.2. The van der Waals surface area contributed by atoms with E-state index in [1.54, 1.807) is 18.2 Å². The predicted molar refractivity (Wildman–Crippen MR) is 102 cm³/mol. The fraction of sp³-hybridized carbons (Fsp3) is 0.263. The van der Waals surface area contributed by atoms with Gasteiger partial charge in [-0.05, 0) is 29.8 Å². The van der Waals surface area contributed by atoms with Crippen molar-refractivity contribution in [1.82, 2.24) is 4.90 Å². The third-order valence-electron chi connectivity index (χ3n) is 4.28. The summed E-state index contributed by atoms with van der Waals surface area (Å²) in [6.07, 6.45) is -4.62. The quantitative estimate of drug-likeness (QED) is 0.759. The van der Waals surface area contributed by atoms with E-state index in [0.717, 1.165) is 11.0 Å². The van der Waals surface area contributed by atoms with Gasteiger partial charge in [-0.25, -0.2) is 0 Å². The van der Waals surface area contributed by atoms with Crippen LogP contribution in [0.2, 0.25) is 5.02 Å². The summed E-state index contributed by atoms with van der Waals surface area (Å²) in [5.41, 5.74) is -0.185. The SMILES string of the molecule is CN(Cc1ccccc1C(F)(F)F)C(=O)CC1Sc2ccc(Cl)cc2NC1=O. The van der Waals surface area contributed by atoms with Crippen molar-refractivity contribution in [2.45, 2.75) is 29.3 Å². The van der Waals surface area contributed by atoms with E-state index in [-0.39, 0.29) is 24.4 Å². The Hall–Kier alpha value is -2.19. The van der Waals surface area contributed by atoms with E-state index in [4.69, 9.17) is 11.6 Å². The number of hydrogen-bond donors (Lipinski definition) is 1. The van der Waals surface area contributed by atoms with Crippen LogP contribution in [0.5, 0.6) is 0 Å². The Labute approximate surface area is 169 Å². The van der Waals surface area contributed by atoms with Crippen molar-refractivity contribution in [3.8, 4) is 0 Å². The summed E-state index contributed by atoms with van der Waals surface area (Å²) >= 11 is 7.14. The lowest BCUT2D eigenvalue weighted by Gasteiger charge is -2.26. The molecule has 0 spiro atoms. The van der Waals surface area contributed by atoms with Crippen LogP contribution in [0.3, 0.4) is 0 Å². The first-order chi connectivity index (χ1) is 13.1. The molecule has 4 nitrogen and oxygen atoms in total. The fourth-order valence-electron chi connectivity index (χ4n) is 2.85. The number of halogens is 4. The van der Waals surface area contributed by atoms with Crippen LogP contribution in [0.4, 0.5) is 18.9 Å². The van der Waals surface area contributed by atoms with Gasteiger partial charge in [0.25, 0.3) is 0 Å². The molecule has 0 aliphatic carbocycles. The van der Waals surface area contributed by atoms with Crippen molar-refractivity contribution in [2.24, 2.45) is 0 Å². The monoisotopic (exact) mass is 428 g/mol. The second-order valence-corrected chi connectivity index (χ2v) is 8.03. The molecule has 148 valence electrons. The number of carbonyl (C=O) groups excluding carboxylic acids is 2. The maximum Gasteiger partial charge on any atom is 0.416 e. The third-order valence-corrected chi connectivity index (χ3v) is 5.79. The summed E-state index contributed by atoms with van der Waals surface area (Å²) in [7, 11) is 1.43. The van der Waals surface area contributed by atoms with Crippen LogP contribution < -0.4 is 5.32 Å². The largest absolute Gasteiger partial charge is 0.416 e. The molecule has 0 aromatic heterocycles. The van der Waals surface area contributed by atoms with Gasteiger partial charge in [-0.15, -0.1) is 11.8 Å². The highest BCUT2D eigenvalue weighted by Gasteiger charge is 2.34. The summed E-state index contributed by atoms with van der Waals surface area (Å²) in [5.74, 6) is -0.751. The zero-order valence-corrected chi connectivity index (χ0v) is 16.3. The topological polar surface area (TPSA) is 49.4 Å². The summed E-state index contributed by atoms with van der Waals surface area (Å²) < 4.78 is 39.4. The molecule has 0 saturated carbocycles. The lowest BCUT2D eigenvalue weighted by molar-refractivity contribution is -0.139. The highest BCUT2D eigenvalue weighted by atomic mass is 35.5. The van der Waals surface area contributed by atoms with Gasteiger partial charge in [0.1, 0.15) is 0 Å². The van der Waals surface area contributed by atoms with Gasteiger partial charge in [-0.2, -0.15) is 13.2 Å². The zero-order valence-electron chi connectivity index (χ0n) is 14.7. The van der Waals surface area contributed by atoms with Gasteiger partial charge in [0.15, 0.2) is 0 Å². The van der Waals surface area contributed by atoms with Gasteiger partial charge in [0.05, 0.1) is 16.5 Å². The molecule has 3 rings (SSSR count). The van der Waals surface area contributed by atoms with E-state index >= 15 is 0 Å². The second-order valence-electron chi connectivity index (χ2n) is 6.35. The number of rotatable bonds is 4. The minimum atomic E-state index is -4.50. The fourth-order valence-corrected chi connectivity index (χ4v) is 4.10. The highest BCUT2D eigenvalue weighted by Crippen LogP contribution is 2.38.